The van der Waals surface area contributed by atoms with Gasteiger partial charge in [0, 0.05) is 12.1 Å². The van der Waals surface area contributed by atoms with Crippen molar-refractivity contribution in [2.45, 2.75) is 39.0 Å². The number of hydrogen-bond acceptors (Lipinski definition) is 1. The minimum atomic E-state index is 0.0775. The Hall–Kier alpha value is -2.09. The maximum Gasteiger partial charge on any atom is 0.251 e. The zero-order valence-electron chi connectivity index (χ0n) is 14.0. The molecule has 23 heavy (non-hydrogen) atoms. The first kappa shape index (κ1) is 17.3. The van der Waals surface area contributed by atoms with Crippen LogP contribution in [0.4, 0.5) is 0 Å². The number of amides is 1. The van der Waals surface area contributed by atoms with Crippen LogP contribution in [-0.2, 0) is 0 Å². The molecular formula is C21H27NO. The first-order valence-corrected chi connectivity index (χ1v) is 8.61. The molecule has 0 saturated heterocycles. The summed E-state index contributed by atoms with van der Waals surface area (Å²) < 4.78 is 0. The smallest absolute Gasteiger partial charge is 0.251 e. The molecule has 1 aliphatic carbocycles. The van der Waals surface area contributed by atoms with Crippen LogP contribution < -0.4 is 5.32 Å². The van der Waals surface area contributed by atoms with Gasteiger partial charge in [0.05, 0.1) is 0 Å². The molecule has 1 N–H and O–H groups in total. The average Bonchev–Trinajstić information content (AvgIpc) is 2.63. The number of aryl methyl sites for hydroxylation is 1. The molecule has 0 atom stereocenters. The largest absolute Gasteiger partial charge is 0.352 e. The standard InChI is InChI=1S/C15H21NO.C6H6/c1-12-7-5-6-10-14(12)15(17)16-11-13-8-3-2-4-9-13;1-2-4-6-5-3-1/h5-7,10,13H,2-4,8-9,11H2,1H3,(H,16,17);1-6H. The van der Waals surface area contributed by atoms with E-state index in [1.54, 1.807) is 0 Å². The second kappa shape index (κ2) is 9.83. The van der Waals surface area contributed by atoms with Gasteiger partial charge in [0.1, 0.15) is 0 Å². The van der Waals surface area contributed by atoms with Gasteiger partial charge in [-0.2, -0.15) is 0 Å². The number of carbonyl (C=O) groups is 1. The molecule has 2 heteroatoms. The molecule has 3 rings (SSSR count). The topological polar surface area (TPSA) is 29.1 Å². The highest BCUT2D eigenvalue weighted by molar-refractivity contribution is 5.95. The Morgan fingerprint density at radius 2 is 1.48 bits per heavy atom. The van der Waals surface area contributed by atoms with Gasteiger partial charge in [-0.1, -0.05) is 73.9 Å². The van der Waals surface area contributed by atoms with E-state index in [1.807, 2.05) is 67.6 Å². The van der Waals surface area contributed by atoms with Crippen molar-refractivity contribution < 1.29 is 4.79 Å². The second-order valence-electron chi connectivity index (χ2n) is 6.18. The molecule has 0 aromatic heterocycles. The maximum atomic E-state index is 12.0. The third-order valence-corrected chi connectivity index (χ3v) is 4.33. The average molecular weight is 309 g/mol. The second-order valence-corrected chi connectivity index (χ2v) is 6.18. The Bertz CT molecular complexity index is 547. The lowest BCUT2D eigenvalue weighted by Gasteiger charge is -2.21. The summed E-state index contributed by atoms with van der Waals surface area (Å²) in [5, 5.41) is 3.07. The molecule has 2 aromatic carbocycles. The van der Waals surface area contributed by atoms with E-state index in [9.17, 15) is 4.79 Å². The maximum absolute atomic E-state index is 12.0. The van der Waals surface area contributed by atoms with Gasteiger partial charge >= 0.3 is 0 Å². The van der Waals surface area contributed by atoms with Crippen molar-refractivity contribution in [1.82, 2.24) is 5.32 Å². The minimum Gasteiger partial charge on any atom is -0.352 e. The van der Waals surface area contributed by atoms with E-state index in [2.05, 4.69) is 5.32 Å². The van der Waals surface area contributed by atoms with Gasteiger partial charge in [0.2, 0.25) is 0 Å². The van der Waals surface area contributed by atoms with Gasteiger partial charge in [-0.05, 0) is 37.3 Å². The van der Waals surface area contributed by atoms with Crippen LogP contribution in [0.25, 0.3) is 0 Å². The lowest BCUT2D eigenvalue weighted by Crippen LogP contribution is -2.30. The number of hydrogen-bond donors (Lipinski definition) is 1. The summed E-state index contributed by atoms with van der Waals surface area (Å²) in [6, 6.07) is 19.8. The number of carbonyl (C=O) groups excluding carboxylic acids is 1. The van der Waals surface area contributed by atoms with Crippen molar-refractivity contribution in [2.75, 3.05) is 6.54 Å². The predicted molar refractivity (Wildman–Crippen MR) is 96.5 cm³/mol. The van der Waals surface area contributed by atoms with Gasteiger partial charge in [-0.15, -0.1) is 0 Å². The molecule has 122 valence electrons. The van der Waals surface area contributed by atoms with Crippen LogP contribution in [0.1, 0.15) is 48.0 Å². The summed E-state index contributed by atoms with van der Waals surface area (Å²) in [5.41, 5.74) is 1.86. The zero-order valence-corrected chi connectivity index (χ0v) is 14.0. The van der Waals surface area contributed by atoms with Gasteiger partial charge in [0.15, 0.2) is 0 Å². The van der Waals surface area contributed by atoms with Crippen LogP contribution in [0.2, 0.25) is 0 Å². The van der Waals surface area contributed by atoms with E-state index in [4.69, 9.17) is 0 Å². The minimum absolute atomic E-state index is 0.0775. The molecule has 0 radical (unpaired) electrons. The predicted octanol–water partition coefficient (Wildman–Crippen LogP) is 4.99. The summed E-state index contributed by atoms with van der Waals surface area (Å²) in [6.07, 6.45) is 6.56. The van der Waals surface area contributed by atoms with Crippen LogP contribution in [0.15, 0.2) is 60.7 Å². The van der Waals surface area contributed by atoms with E-state index >= 15 is 0 Å². The summed E-state index contributed by atoms with van der Waals surface area (Å²) in [5.74, 6) is 0.769. The van der Waals surface area contributed by atoms with Crippen LogP contribution in [0, 0.1) is 12.8 Å². The summed E-state index contributed by atoms with van der Waals surface area (Å²) in [7, 11) is 0. The fourth-order valence-corrected chi connectivity index (χ4v) is 2.94. The van der Waals surface area contributed by atoms with Crippen molar-refractivity contribution in [3.8, 4) is 0 Å². The molecule has 1 fully saturated rings. The van der Waals surface area contributed by atoms with Gasteiger partial charge in [0.25, 0.3) is 5.91 Å². The summed E-state index contributed by atoms with van der Waals surface area (Å²) in [6.45, 7) is 2.82. The SMILES string of the molecule is Cc1ccccc1C(=O)NCC1CCCCC1.c1ccccc1. The lowest BCUT2D eigenvalue weighted by molar-refractivity contribution is 0.0943. The summed E-state index contributed by atoms with van der Waals surface area (Å²) in [4.78, 5) is 12.0. The van der Waals surface area contributed by atoms with Crippen molar-refractivity contribution in [1.29, 1.82) is 0 Å². The molecule has 0 unspecified atom stereocenters. The van der Waals surface area contributed by atoms with Gasteiger partial charge in [-0.25, -0.2) is 0 Å². The van der Waals surface area contributed by atoms with E-state index < -0.39 is 0 Å². The quantitative estimate of drug-likeness (QED) is 0.850. The highest BCUT2D eigenvalue weighted by atomic mass is 16.1. The van der Waals surface area contributed by atoms with Crippen LogP contribution in [-0.4, -0.2) is 12.5 Å². The first-order chi connectivity index (χ1) is 11.3. The van der Waals surface area contributed by atoms with Crippen molar-refractivity contribution in [2.24, 2.45) is 5.92 Å². The third kappa shape index (κ3) is 6.27. The van der Waals surface area contributed by atoms with E-state index in [0.717, 1.165) is 17.7 Å². The molecule has 2 aromatic rings. The Morgan fingerprint density at radius 3 is 2.04 bits per heavy atom. The summed E-state index contributed by atoms with van der Waals surface area (Å²) >= 11 is 0. The van der Waals surface area contributed by atoms with Crippen molar-refractivity contribution in [3.63, 3.8) is 0 Å². The highest BCUT2D eigenvalue weighted by Gasteiger charge is 2.15. The van der Waals surface area contributed by atoms with Crippen LogP contribution >= 0.6 is 0 Å². The molecule has 1 amide bonds. The molecule has 0 bridgehead atoms. The number of benzene rings is 2. The van der Waals surface area contributed by atoms with E-state index in [-0.39, 0.29) is 5.91 Å². The fraction of sp³-hybridized carbons (Fsp3) is 0.381. The van der Waals surface area contributed by atoms with Gasteiger partial charge in [-0.3, -0.25) is 4.79 Å². The Labute approximate surface area is 139 Å². The Balaban J connectivity index is 0.000000268. The fourth-order valence-electron chi connectivity index (χ4n) is 2.94. The van der Waals surface area contributed by atoms with Crippen molar-refractivity contribution >= 4 is 5.91 Å². The van der Waals surface area contributed by atoms with E-state index in [1.165, 1.54) is 32.1 Å². The Morgan fingerprint density at radius 1 is 0.913 bits per heavy atom. The van der Waals surface area contributed by atoms with Crippen molar-refractivity contribution in [3.05, 3.63) is 71.8 Å². The molecule has 0 heterocycles. The van der Waals surface area contributed by atoms with Crippen LogP contribution in [0.5, 0.6) is 0 Å². The van der Waals surface area contributed by atoms with Crippen LogP contribution in [0.3, 0.4) is 0 Å². The third-order valence-electron chi connectivity index (χ3n) is 4.33. The van der Waals surface area contributed by atoms with Gasteiger partial charge < -0.3 is 5.32 Å². The lowest BCUT2D eigenvalue weighted by atomic mass is 9.89. The number of nitrogens with one attached hydrogen (secondary N) is 1. The Kier molecular flexibility index (Phi) is 7.38. The molecule has 1 saturated carbocycles. The zero-order chi connectivity index (χ0) is 16.3. The molecule has 1 aliphatic rings. The van der Waals surface area contributed by atoms with E-state index in [0.29, 0.717) is 5.92 Å². The first-order valence-electron chi connectivity index (χ1n) is 8.61. The molecule has 2 nitrogen and oxygen atoms in total. The highest BCUT2D eigenvalue weighted by Crippen LogP contribution is 2.22. The monoisotopic (exact) mass is 309 g/mol. The normalized spacial score (nSPS) is 14.5. The molecule has 0 spiro atoms. The number of rotatable bonds is 3. The molecular weight excluding hydrogens is 282 g/mol. The molecule has 0 aliphatic heterocycles.